The Morgan fingerprint density at radius 3 is 2.32 bits per heavy atom. The zero-order chi connectivity index (χ0) is 13.9. The lowest BCUT2D eigenvalue weighted by molar-refractivity contribution is 0.597. The van der Waals surface area contributed by atoms with Crippen LogP contribution >= 0.6 is 0 Å². The molecule has 0 atom stereocenters. The molecule has 2 rings (SSSR count). The Labute approximate surface area is 112 Å². The Bertz CT molecular complexity index is 667. The third kappa shape index (κ3) is 2.80. The summed E-state index contributed by atoms with van der Waals surface area (Å²) in [6.45, 7) is 1.91. The molecule has 5 nitrogen and oxygen atoms in total. The number of nitrogens with zero attached hydrogens (tertiary/aromatic N) is 2. The number of benzene rings is 1. The maximum atomic E-state index is 11.7. The Morgan fingerprint density at radius 1 is 1.11 bits per heavy atom. The highest BCUT2D eigenvalue weighted by molar-refractivity contribution is 7.91. The molecule has 6 heteroatoms. The molecule has 1 aromatic heterocycles. The van der Waals surface area contributed by atoms with Crippen molar-refractivity contribution in [2.24, 2.45) is 5.73 Å². The average Bonchev–Trinajstić information content (AvgIpc) is 2.47. The van der Waals surface area contributed by atoms with Gasteiger partial charge in [-0.25, -0.2) is 8.42 Å². The van der Waals surface area contributed by atoms with Crippen molar-refractivity contribution in [3.05, 3.63) is 42.4 Å². The summed E-state index contributed by atoms with van der Waals surface area (Å²) in [7, 11) is -3.17. The summed E-state index contributed by atoms with van der Waals surface area (Å²) in [4.78, 5) is 8.71. The van der Waals surface area contributed by atoms with E-state index in [9.17, 15) is 8.42 Å². The largest absolute Gasteiger partial charge is 0.325 e. The monoisotopic (exact) mass is 277 g/mol. The van der Waals surface area contributed by atoms with Crippen molar-refractivity contribution in [2.45, 2.75) is 18.4 Å². The molecule has 0 aliphatic rings. The van der Waals surface area contributed by atoms with E-state index in [1.54, 1.807) is 43.6 Å². The first-order valence-electron chi connectivity index (χ1n) is 5.91. The number of sulfone groups is 1. The van der Waals surface area contributed by atoms with Crippen LogP contribution in [0.25, 0.3) is 11.3 Å². The molecule has 0 spiro atoms. The molecule has 2 aromatic rings. The van der Waals surface area contributed by atoms with Gasteiger partial charge in [-0.05, 0) is 12.1 Å². The van der Waals surface area contributed by atoms with E-state index < -0.39 is 9.84 Å². The van der Waals surface area contributed by atoms with Crippen LogP contribution in [-0.4, -0.2) is 24.1 Å². The molecule has 1 aromatic carbocycles. The van der Waals surface area contributed by atoms with Crippen molar-refractivity contribution in [2.75, 3.05) is 5.75 Å². The molecule has 1 heterocycles. The normalized spacial score (nSPS) is 11.5. The van der Waals surface area contributed by atoms with Crippen LogP contribution in [0.2, 0.25) is 0 Å². The Hall–Kier alpha value is -1.79. The second kappa shape index (κ2) is 5.46. The van der Waals surface area contributed by atoms with Gasteiger partial charge in [-0.1, -0.05) is 19.1 Å². The topological polar surface area (TPSA) is 85.9 Å². The van der Waals surface area contributed by atoms with Crippen LogP contribution in [0, 0.1) is 0 Å². The lowest BCUT2D eigenvalue weighted by Crippen LogP contribution is -2.05. The predicted octanol–water partition coefficient (Wildman–Crippen LogP) is 1.40. The summed E-state index contributed by atoms with van der Waals surface area (Å²) < 4.78 is 23.4. The summed E-state index contributed by atoms with van der Waals surface area (Å²) in [5.74, 6) is 0.0888. The van der Waals surface area contributed by atoms with Crippen molar-refractivity contribution in [3.63, 3.8) is 0 Å². The highest BCUT2D eigenvalue weighted by Crippen LogP contribution is 2.21. The van der Waals surface area contributed by atoms with Crippen LogP contribution in [-0.2, 0) is 16.4 Å². The number of hydrogen-bond donors (Lipinski definition) is 1. The molecule has 100 valence electrons. The molecule has 0 saturated carbocycles. The minimum absolute atomic E-state index is 0.0888. The van der Waals surface area contributed by atoms with E-state index in [2.05, 4.69) is 9.97 Å². The van der Waals surface area contributed by atoms with E-state index in [0.29, 0.717) is 16.3 Å². The molecule has 0 aliphatic heterocycles. The van der Waals surface area contributed by atoms with Gasteiger partial charge in [-0.3, -0.25) is 9.97 Å². The summed E-state index contributed by atoms with van der Waals surface area (Å²) in [5.41, 5.74) is 7.79. The average molecular weight is 277 g/mol. The third-order valence-corrected chi connectivity index (χ3v) is 4.58. The van der Waals surface area contributed by atoms with Gasteiger partial charge in [0.15, 0.2) is 9.84 Å². The Kier molecular flexibility index (Phi) is 3.92. The highest BCUT2D eigenvalue weighted by Gasteiger charge is 2.12. The van der Waals surface area contributed by atoms with Gasteiger partial charge in [0, 0.05) is 24.5 Å². The van der Waals surface area contributed by atoms with Gasteiger partial charge >= 0.3 is 0 Å². The van der Waals surface area contributed by atoms with E-state index >= 15 is 0 Å². The minimum atomic E-state index is -3.17. The molecule has 0 amide bonds. The molecule has 19 heavy (non-hydrogen) atoms. The first-order chi connectivity index (χ1) is 9.08. The molecule has 0 fully saturated rings. The van der Waals surface area contributed by atoms with E-state index in [4.69, 9.17) is 5.73 Å². The number of nitrogens with two attached hydrogens (primary N) is 1. The first-order valence-corrected chi connectivity index (χ1v) is 7.57. The van der Waals surface area contributed by atoms with Crippen molar-refractivity contribution in [1.29, 1.82) is 0 Å². The second-order valence-electron chi connectivity index (χ2n) is 3.98. The summed E-state index contributed by atoms with van der Waals surface area (Å²) in [6.07, 6.45) is 3.17. The Balaban J connectivity index is 2.44. The maximum absolute atomic E-state index is 11.7. The lowest BCUT2D eigenvalue weighted by atomic mass is 10.1. The predicted molar refractivity (Wildman–Crippen MR) is 73.1 cm³/mol. The fourth-order valence-electron chi connectivity index (χ4n) is 1.74. The SMILES string of the molecule is CCS(=O)(=O)c1ccc(-c2nccnc2CN)cc1. The quantitative estimate of drug-likeness (QED) is 0.912. The van der Waals surface area contributed by atoms with Crippen LogP contribution in [0.3, 0.4) is 0 Å². The fourth-order valence-corrected chi connectivity index (χ4v) is 2.63. The molecule has 2 N–H and O–H groups in total. The number of aromatic nitrogens is 2. The fraction of sp³-hybridized carbons (Fsp3) is 0.231. The van der Waals surface area contributed by atoms with Crippen LogP contribution < -0.4 is 5.73 Å². The van der Waals surface area contributed by atoms with Crippen molar-refractivity contribution >= 4 is 9.84 Å². The molecule has 0 aliphatic carbocycles. The van der Waals surface area contributed by atoms with Crippen molar-refractivity contribution in [3.8, 4) is 11.3 Å². The van der Waals surface area contributed by atoms with Gasteiger partial charge in [-0.15, -0.1) is 0 Å². The summed E-state index contributed by atoms with van der Waals surface area (Å²) >= 11 is 0. The van der Waals surface area contributed by atoms with E-state index in [1.807, 2.05) is 0 Å². The van der Waals surface area contributed by atoms with E-state index in [0.717, 1.165) is 5.56 Å². The summed E-state index contributed by atoms with van der Waals surface area (Å²) in [5, 5.41) is 0. The zero-order valence-electron chi connectivity index (χ0n) is 10.6. The van der Waals surface area contributed by atoms with Crippen LogP contribution in [0.15, 0.2) is 41.6 Å². The van der Waals surface area contributed by atoms with Crippen LogP contribution in [0.5, 0.6) is 0 Å². The van der Waals surface area contributed by atoms with Crippen LogP contribution in [0.4, 0.5) is 0 Å². The van der Waals surface area contributed by atoms with Gasteiger partial charge in [0.05, 0.1) is 22.0 Å². The molecule has 0 radical (unpaired) electrons. The van der Waals surface area contributed by atoms with Gasteiger partial charge in [-0.2, -0.15) is 0 Å². The van der Waals surface area contributed by atoms with Gasteiger partial charge in [0.2, 0.25) is 0 Å². The van der Waals surface area contributed by atoms with Gasteiger partial charge in [0.25, 0.3) is 0 Å². The van der Waals surface area contributed by atoms with Crippen LogP contribution in [0.1, 0.15) is 12.6 Å². The Morgan fingerprint density at radius 2 is 1.74 bits per heavy atom. The maximum Gasteiger partial charge on any atom is 0.178 e. The zero-order valence-corrected chi connectivity index (χ0v) is 11.4. The second-order valence-corrected chi connectivity index (χ2v) is 6.26. The van der Waals surface area contributed by atoms with Crippen molar-refractivity contribution in [1.82, 2.24) is 9.97 Å². The summed E-state index contributed by atoms with van der Waals surface area (Å²) in [6, 6.07) is 6.63. The molecular formula is C13H15N3O2S. The molecule has 0 saturated heterocycles. The van der Waals surface area contributed by atoms with Gasteiger partial charge < -0.3 is 5.73 Å². The standard InChI is InChI=1S/C13H15N3O2S/c1-2-19(17,18)11-5-3-10(4-6-11)13-12(9-14)15-7-8-16-13/h3-8H,2,9,14H2,1H3. The smallest absolute Gasteiger partial charge is 0.178 e. The van der Waals surface area contributed by atoms with Gasteiger partial charge in [0.1, 0.15) is 0 Å². The number of hydrogen-bond acceptors (Lipinski definition) is 5. The van der Waals surface area contributed by atoms with E-state index in [1.165, 1.54) is 0 Å². The molecular weight excluding hydrogens is 262 g/mol. The minimum Gasteiger partial charge on any atom is -0.325 e. The van der Waals surface area contributed by atoms with E-state index in [-0.39, 0.29) is 12.3 Å². The van der Waals surface area contributed by atoms with Crippen molar-refractivity contribution < 1.29 is 8.42 Å². The lowest BCUT2D eigenvalue weighted by Gasteiger charge is -2.06. The highest BCUT2D eigenvalue weighted by atomic mass is 32.2. The first kappa shape index (κ1) is 13.6. The molecule has 0 bridgehead atoms. The third-order valence-electron chi connectivity index (χ3n) is 2.83. The molecule has 0 unspecified atom stereocenters. The number of rotatable bonds is 4.